The SMILES string of the molecule is CC(CSc1ccc(F)cc1)c1nc(C2(N)CCCC2)no1. The zero-order valence-corrected chi connectivity index (χ0v) is 13.4. The third kappa shape index (κ3) is 3.33. The van der Waals surface area contributed by atoms with E-state index in [1.165, 1.54) is 12.1 Å². The molecule has 0 aliphatic heterocycles. The molecule has 0 bridgehead atoms. The molecule has 1 atom stereocenters. The zero-order valence-electron chi connectivity index (χ0n) is 12.6. The molecular weight excluding hydrogens is 301 g/mol. The number of nitrogens with two attached hydrogens (primary N) is 1. The van der Waals surface area contributed by atoms with Crippen molar-refractivity contribution in [2.45, 2.75) is 49.0 Å². The minimum atomic E-state index is -0.411. The van der Waals surface area contributed by atoms with Gasteiger partial charge >= 0.3 is 0 Å². The number of aromatic nitrogens is 2. The van der Waals surface area contributed by atoms with Gasteiger partial charge in [0, 0.05) is 16.6 Å². The van der Waals surface area contributed by atoms with Crippen molar-refractivity contribution in [1.82, 2.24) is 10.1 Å². The van der Waals surface area contributed by atoms with E-state index in [1.807, 2.05) is 6.92 Å². The van der Waals surface area contributed by atoms with Crippen LogP contribution in [0.5, 0.6) is 0 Å². The minimum absolute atomic E-state index is 0.126. The van der Waals surface area contributed by atoms with E-state index in [2.05, 4.69) is 10.1 Å². The van der Waals surface area contributed by atoms with Crippen LogP contribution in [0.25, 0.3) is 0 Å². The summed E-state index contributed by atoms with van der Waals surface area (Å²) in [6.07, 6.45) is 4.09. The third-order valence-corrected chi connectivity index (χ3v) is 5.39. The summed E-state index contributed by atoms with van der Waals surface area (Å²) >= 11 is 1.65. The van der Waals surface area contributed by atoms with Crippen LogP contribution in [0.4, 0.5) is 4.39 Å². The molecule has 0 radical (unpaired) electrons. The topological polar surface area (TPSA) is 64.9 Å². The lowest BCUT2D eigenvalue weighted by molar-refractivity contribution is 0.341. The minimum Gasteiger partial charge on any atom is -0.339 e. The van der Waals surface area contributed by atoms with Crippen molar-refractivity contribution in [2.75, 3.05) is 5.75 Å². The summed E-state index contributed by atoms with van der Waals surface area (Å²) in [5.41, 5.74) is 5.94. The molecule has 22 heavy (non-hydrogen) atoms. The van der Waals surface area contributed by atoms with E-state index < -0.39 is 5.54 Å². The first-order valence-electron chi connectivity index (χ1n) is 7.58. The molecule has 1 unspecified atom stereocenters. The molecule has 1 aliphatic rings. The van der Waals surface area contributed by atoms with Crippen molar-refractivity contribution >= 4 is 11.8 Å². The van der Waals surface area contributed by atoms with E-state index in [0.29, 0.717) is 11.7 Å². The number of thioether (sulfide) groups is 1. The van der Waals surface area contributed by atoms with E-state index in [1.54, 1.807) is 23.9 Å². The van der Waals surface area contributed by atoms with Crippen molar-refractivity contribution in [3.05, 3.63) is 41.8 Å². The Kier molecular flexibility index (Phi) is 4.49. The van der Waals surface area contributed by atoms with Crippen LogP contribution >= 0.6 is 11.8 Å². The second-order valence-electron chi connectivity index (χ2n) is 5.99. The standard InChI is InChI=1S/C16H20FN3OS/c1-11(10-22-13-6-4-12(17)5-7-13)14-19-15(20-21-14)16(18)8-2-3-9-16/h4-7,11H,2-3,8-10,18H2,1H3. The smallest absolute Gasteiger partial charge is 0.230 e. The molecular formula is C16H20FN3OS. The highest BCUT2D eigenvalue weighted by atomic mass is 32.2. The van der Waals surface area contributed by atoms with Gasteiger partial charge in [0.05, 0.1) is 5.54 Å². The fourth-order valence-corrected chi connectivity index (χ4v) is 3.60. The predicted octanol–water partition coefficient (Wildman–Crippen LogP) is 3.83. The normalized spacial score (nSPS) is 18.5. The molecule has 1 fully saturated rings. The Balaban J connectivity index is 1.61. The van der Waals surface area contributed by atoms with Gasteiger partial charge in [0.2, 0.25) is 5.89 Å². The molecule has 0 saturated heterocycles. The van der Waals surface area contributed by atoms with E-state index in [4.69, 9.17) is 10.3 Å². The molecule has 118 valence electrons. The van der Waals surface area contributed by atoms with Crippen molar-refractivity contribution in [3.63, 3.8) is 0 Å². The summed E-state index contributed by atoms with van der Waals surface area (Å²) in [6, 6.07) is 6.49. The van der Waals surface area contributed by atoms with E-state index in [9.17, 15) is 4.39 Å². The van der Waals surface area contributed by atoms with Crippen molar-refractivity contribution in [1.29, 1.82) is 0 Å². The number of benzene rings is 1. The van der Waals surface area contributed by atoms with Crippen molar-refractivity contribution < 1.29 is 8.91 Å². The highest BCUT2D eigenvalue weighted by molar-refractivity contribution is 7.99. The Hall–Kier alpha value is -1.40. The Bertz CT molecular complexity index is 623. The summed E-state index contributed by atoms with van der Waals surface area (Å²) in [4.78, 5) is 5.54. The van der Waals surface area contributed by atoms with Crippen LogP contribution in [-0.4, -0.2) is 15.9 Å². The molecule has 6 heteroatoms. The van der Waals surface area contributed by atoms with Gasteiger partial charge in [0.15, 0.2) is 5.82 Å². The molecule has 1 aliphatic carbocycles. The lowest BCUT2D eigenvalue weighted by Crippen LogP contribution is -2.34. The molecule has 0 spiro atoms. The van der Waals surface area contributed by atoms with Crippen LogP contribution in [0, 0.1) is 5.82 Å². The first kappa shape index (κ1) is 15.5. The van der Waals surface area contributed by atoms with Gasteiger partial charge in [-0.1, -0.05) is 24.9 Å². The van der Waals surface area contributed by atoms with Gasteiger partial charge < -0.3 is 10.3 Å². The maximum absolute atomic E-state index is 12.9. The number of nitrogens with zero attached hydrogens (tertiary/aromatic N) is 2. The highest BCUT2D eigenvalue weighted by Gasteiger charge is 2.36. The Morgan fingerprint density at radius 1 is 1.32 bits per heavy atom. The molecule has 2 aromatic rings. The maximum Gasteiger partial charge on any atom is 0.230 e. The number of hydrogen-bond donors (Lipinski definition) is 1. The molecule has 4 nitrogen and oxygen atoms in total. The van der Waals surface area contributed by atoms with Gasteiger partial charge in [-0.2, -0.15) is 4.98 Å². The van der Waals surface area contributed by atoms with Crippen LogP contribution in [0.15, 0.2) is 33.7 Å². The van der Waals surface area contributed by atoms with Crippen molar-refractivity contribution in [3.8, 4) is 0 Å². The summed E-state index contributed by atoms with van der Waals surface area (Å²) in [6.45, 7) is 2.05. The van der Waals surface area contributed by atoms with Gasteiger partial charge in [0.25, 0.3) is 0 Å². The van der Waals surface area contributed by atoms with Crippen molar-refractivity contribution in [2.24, 2.45) is 5.73 Å². The molecule has 2 N–H and O–H groups in total. The van der Waals surface area contributed by atoms with E-state index in [0.717, 1.165) is 36.3 Å². The van der Waals surface area contributed by atoms with Gasteiger partial charge in [-0.25, -0.2) is 4.39 Å². The second-order valence-corrected chi connectivity index (χ2v) is 7.08. The summed E-state index contributed by atoms with van der Waals surface area (Å²) < 4.78 is 18.3. The van der Waals surface area contributed by atoms with E-state index >= 15 is 0 Å². The van der Waals surface area contributed by atoms with Gasteiger partial charge in [-0.05, 0) is 37.1 Å². The Labute approximate surface area is 133 Å². The summed E-state index contributed by atoms with van der Waals surface area (Å²) in [5.74, 6) is 1.97. The second kappa shape index (κ2) is 6.38. The lowest BCUT2D eigenvalue weighted by atomic mass is 9.98. The Morgan fingerprint density at radius 2 is 2.00 bits per heavy atom. The molecule has 1 aromatic carbocycles. The molecule has 0 amide bonds. The number of hydrogen-bond acceptors (Lipinski definition) is 5. The number of rotatable bonds is 5. The van der Waals surface area contributed by atoms with Crippen LogP contribution < -0.4 is 5.73 Å². The fraction of sp³-hybridized carbons (Fsp3) is 0.500. The maximum atomic E-state index is 12.9. The average molecular weight is 321 g/mol. The molecule has 1 heterocycles. The number of halogens is 1. The van der Waals surface area contributed by atoms with E-state index in [-0.39, 0.29) is 11.7 Å². The summed E-state index contributed by atoms with van der Waals surface area (Å²) in [5, 5.41) is 4.09. The summed E-state index contributed by atoms with van der Waals surface area (Å²) in [7, 11) is 0. The molecule has 1 aromatic heterocycles. The van der Waals surface area contributed by atoms with Crippen LogP contribution in [0.2, 0.25) is 0 Å². The monoisotopic (exact) mass is 321 g/mol. The van der Waals surface area contributed by atoms with Gasteiger partial charge in [-0.3, -0.25) is 0 Å². The Morgan fingerprint density at radius 3 is 2.68 bits per heavy atom. The first-order chi connectivity index (χ1) is 10.6. The van der Waals surface area contributed by atoms with Gasteiger partial charge in [0.1, 0.15) is 5.82 Å². The molecule has 3 rings (SSSR count). The van der Waals surface area contributed by atoms with Crippen LogP contribution in [-0.2, 0) is 5.54 Å². The quantitative estimate of drug-likeness (QED) is 0.848. The first-order valence-corrected chi connectivity index (χ1v) is 8.57. The average Bonchev–Trinajstić information content (AvgIpc) is 3.16. The largest absolute Gasteiger partial charge is 0.339 e. The van der Waals surface area contributed by atoms with Crippen LogP contribution in [0.1, 0.15) is 50.2 Å². The molecule has 1 saturated carbocycles. The predicted molar refractivity (Wildman–Crippen MR) is 84.2 cm³/mol. The fourth-order valence-electron chi connectivity index (χ4n) is 2.69. The lowest BCUT2D eigenvalue weighted by Gasteiger charge is -2.17. The zero-order chi connectivity index (χ0) is 15.6. The van der Waals surface area contributed by atoms with Gasteiger partial charge in [-0.15, -0.1) is 11.8 Å². The third-order valence-electron chi connectivity index (χ3n) is 4.12. The highest BCUT2D eigenvalue weighted by Crippen LogP contribution is 2.35. The van der Waals surface area contributed by atoms with Crippen LogP contribution in [0.3, 0.4) is 0 Å².